The van der Waals surface area contributed by atoms with Gasteiger partial charge in [-0.2, -0.15) is 0 Å². The molecule has 0 amide bonds. The van der Waals surface area contributed by atoms with Crippen molar-refractivity contribution in [3.63, 3.8) is 0 Å². The summed E-state index contributed by atoms with van der Waals surface area (Å²) in [7, 11) is 0. The van der Waals surface area contributed by atoms with E-state index in [1.165, 1.54) is 5.56 Å². The molecule has 0 saturated carbocycles. The van der Waals surface area contributed by atoms with Crippen molar-refractivity contribution in [2.24, 2.45) is 0 Å². The minimum atomic E-state index is 0. The van der Waals surface area contributed by atoms with Crippen LogP contribution < -0.4 is 5.32 Å². The van der Waals surface area contributed by atoms with Gasteiger partial charge in [0.15, 0.2) is 0 Å². The van der Waals surface area contributed by atoms with Gasteiger partial charge in [-0.1, -0.05) is 33.3 Å². The van der Waals surface area contributed by atoms with Gasteiger partial charge in [-0.15, -0.1) is 17.5 Å². The van der Waals surface area contributed by atoms with Gasteiger partial charge in [0, 0.05) is 17.1 Å². The highest BCUT2D eigenvalue weighted by Crippen LogP contribution is 2.14. The van der Waals surface area contributed by atoms with Crippen LogP contribution in [0.15, 0.2) is 34.9 Å². The molecule has 1 atom stereocenters. The third kappa shape index (κ3) is 2.91. The molecule has 18 heavy (non-hydrogen) atoms. The Labute approximate surface area is 120 Å². The first-order valence-electron chi connectivity index (χ1n) is 5.66. The number of aromatic nitrogens is 3. The van der Waals surface area contributed by atoms with Crippen LogP contribution in [0.5, 0.6) is 0 Å². The van der Waals surface area contributed by atoms with Gasteiger partial charge in [-0.3, -0.25) is 0 Å². The second-order valence-corrected chi connectivity index (χ2v) is 5.23. The molecule has 0 saturated heterocycles. The lowest BCUT2D eigenvalue weighted by Crippen LogP contribution is -2.40. The van der Waals surface area contributed by atoms with Crippen LogP contribution in [0.1, 0.15) is 11.3 Å². The number of hydrogen-bond acceptors (Lipinski definition) is 3. The Morgan fingerprint density at radius 3 is 2.89 bits per heavy atom. The van der Waals surface area contributed by atoms with Gasteiger partial charge in [0.1, 0.15) is 0 Å². The summed E-state index contributed by atoms with van der Waals surface area (Å²) in [5.41, 5.74) is 2.51. The van der Waals surface area contributed by atoms with Crippen LogP contribution in [0.3, 0.4) is 0 Å². The van der Waals surface area contributed by atoms with Crippen molar-refractivity contribution in [1.82, 2.24) is 20.3 Å². The van der Waals surface area contributed by atoms with Crippen LogP contribution in [0, 0.1) is 0 Å². The maximum atomic E-state index is 4.08. The molecule has 96 valence electrons. The molecule has 0 radical (unpaired) electrons. The largest absolute Gasteiger partial charge is 0.306 e. The van der Waals surface area contributed by atoms with Gasteiger partial charge in [-0.25, -0.2) is 4.68 Å². The van der Waals surface area contributed by atoms with Gasteiger partial charge in [0.25, 0.3) is 0 Å². The Balaban J connectivity index is 0.00000120. The molecular weight excluding hydrogens is 316 g/mol. The summed E-state index contributed by atoms with van der Waals surface area (Å²) in [5.74, 6) is 0. The fourth-order valence-electron chi connectivity index (χ4n) is 2.13. The summed E-state index contributed by atoms with van der Waals surface area (Å²) in [6, 6.07) is 8.91. The predicted molar refractivity (Wildman–Crippen MR) is 75.7 cm³/mol. The second kappa shape index (κ2) is 5.82. The molecule has 1 aliphatic heterocycles. The van der Waals surface area contributed by atoms with Crippen molar-refractivity contribution < 1.29 is 0 Å². The maximum absolute atomic E-state index is 4.08. The van der Waals surface area contributed by atoms with Gasteiger partial charge in [-0.05, 0) is 24.1 Å². The number of nitrogens with zero attached hydrogens (tertiary/aromatic N) is 3. The van der Waals surface area contributed by atoms with Crippen molar-refractivity contribution in [2.75, 3.05) is 0 Å². The van der Waals surface area contributed by atoms with Crippen LogP contribution in [0.4, 0.5) is 0 Å². The smallest absolute Gasteiger partial charge is 0.0738 e. The third-order valence-corrected chi connectivity index (χ3v) is 3.59. The summed E-state index contributed by atoms with van der Waals surface area (Å²) in [6.07, 6.45) is 2.84. The Bertz CT molecular complexity index is 511. The van der Waals surface area contributed by atoms with Gasteiger partial charge in [0.05, 0.1) is 18.4 Å². The fourth-order valence-corrected chi connectivity index (χ4v) is 2.40. The van der Waals surface area contributed by atoms with E-state index < -0.39 is 0 Å². The SMILES string of the molecule is Brc1ccc(CC2Cn3nncc3CN2)cc1.Cl. The van der Waals surface area contributed by atoms with Gasteiger partial charge in [0.2, 0.25) is 0 Å². The van der Waals surface area contributed by atoms with E-state index in [0.717, 1.165) is 29.7 Å². The quantitative estimate of drug-likeness (QED) is 0.918. The average Bonchev–Trinajstić information content (AvgIpc) is 2.79. The Kier molecular flexibility index (Phi) is 4.37. The molecule has 1 aromatic heterocycles. The number of nitrogens with one attached hydrogen (secondary N) is 1. The average molecular weight is 330 g/mol. The van der Waals surface area contributed by atoms with Crippen LogP contribution >= 0.6 is 28.3 Å². The zero-order valence-corrected chi connectivity index (χ0v) is 12.1. The monoisotopic (exact) mass is 328 g/mol. The molecule has 6 heteroatoms. The molecular formula is C12H14BrClN4. The molecule has 2 aromatic rings. The lowest BCUT2D eigenvalue weighted by Gasteiger charge is -2.24. The molecule has 4 nitrogen and oxygen atoms in total. The van der Waals surface area contributed by atoms with Crippen molar-refractivity contribution in [1.29, 1.82) is 0 Å². The molecule has 1 N–H and O–H groups in total. The van der Waals surface area contributed by atoms with Crippen molar-refractivity contribution >= 4 is 28.3 Å². The molecule has 0 aliphatic carbocycles. The number of halogens is 2. The first-order chi connectivity index (χ1) is 8.31. The topological polar surface area (TPSA) is 42.7 Å². The first-order valence-corrected chi connectivity index (χ1v) is 6.46. The summed E-state index contributed by atoms with van der Waals surface area (Å²) in [4.78, 5) is 0. The highest BCUT2D eigenvalue weighted by atomic mass is 79.9. The summed E-state index contributed by atoms with van der Waals surface area (Å²) in [6.45, 7) is 1.75. The van der Waals surface area contributed by atoms with E-state index in [1.54, 1.807) is 0 Å². The highest BCUT2D eigenvalue weighted by molar-refractivity contribution is 9.10. The molecule has 0 bridgehead atoms. The molecule has 1 aromatic carbocycles. The summed E-state index contributed by atoms with van der Waals surface area (Å²) < 4.78 is 3.11. The minimum absolute atomic E-state index is 0. The Morgan fingerprint density at radius 1 is 1.33 bits per heavy atom. The van der Waals surface area contributed by atoms with E-state index in [9.17, 15) is 0 Å². The standard InChI is InChI=1S/C12H13BrN4.ClH/c13-10-3-1-9(2-4-10)5-11-8-17-12(6-14-11)7-15-16-17;/h1-4,7,11,14H,5-6,8H2;1H. The maximum Gasteiger partial charge on any atom is 0.0738 e. The number of benzene rings is 1. The number of fused-ring (bicyclic) bond motifs is 1. The van der Waals surface area contributed by atoms with E-state index in [4.69, 9.17) is 0 Å². The van der Waals surface area contributed by atoms with Crippen molar-refractivity contribution in [2.45, 2.75) is 25.6 Å². The molecule has 2 heterocycles. The van der Waals surface area contributed by atoms with E-state index in [0.29, 0.717) is 6.04 Å². The summed E-state index contributed by atoms with van der Waals surface area (Å²) >= 11 is 3.45. The van der Waals surface area contributed by atoms with Crippen LogP contribution in [0.25, 0.3) is 0 Å². The zero-order chi connectivity index (χ0) is 11.7. The molecule has 1 aliphatic rings. The van der Waals surface area contributed by atoms with Crippen LogP contribution in [0.2, 0.25) is 0 Å². The minimum Gasteiger partial charge on any atom is -0.306 e. The lowest BCUT2D eigenvalue weighted by atomic mass is 10.0. The Morgan fingerprint density at radius 2 is 2.11 bits per heavy atom. The van der Waals surface area contributed by atoms with E-state index in [1.807, 2.05) is 10.9 Å². The van der Waals surface area contributed by atoms with Gasteiger partial charge >= 0.3 is 0 Å². The summed E-state index contributed by atoms with van der Waals surface area (Å²) in [5, 5.41) is 11.5. The van der Waals surface area contributed by atoms with E-state index in [2.05, 4.69) is 55.8 Å². The number of rotatable bonds is 2. The normalized spacial score (nSPS) is 17.9. The van der Waals surface area contributed by atoms with E-state index in [-0.39, 0.29) is 12.4 Å². The molecule has 3 rings (SSSR count). The zero-order valence-electron chi connectivity index (χ0n) is 9.71. The highest BCUT2D eigenvalue weighted by Gasteiger charge is 2.18. The van der Waals surface area contributed by atoms with Crippen LogP contribution in [-0.4, -0.2) is 21.0 Å². The van der Waals surface area contributed by atoms with Crippen molar-refractivity contribution in [3.05, 3.63) is 46.2 Å². The van der Waals surface area contributed by atoms with Crippen LogP contribution in [-0.2, 0) is 19.5 Å². The Hall–Kier alpha value is -0.910. The predicted octanol–water partition coefficient (Wildman–Crippen LogP) is 2.18. The third-order valence-electron chi connectivity index (χ3n) is 3.06. The fraction of sp³-hybridized carbons (Fsp3) is 0.333. The lowest BCUT2D eigenvalue weighted by molar-refractivity contribution is 0.362. The van der Waals surface area contributed by atoms with Gasteiger partial charge < -0.3 is 5.32 Å². The number of hydrogen-bond donors (Lipinski definition) is 1. The molecule has 1 unspecified atom stereocenters. The molecule has 0 spiro atoms. The molecule has 0 fully saturated rings. The van der Waals surface area contributed by atoms with Crippen molar-refractivity contribution in [3.8, 4) is 0 Å². The second-order valence-electron chi connectivity index (χ2n) is 4.32. The first kappa shape index (κ1) is 13.5. The van der Waals surface area contributed by atoms with E-state index >= 15 is 0 Å².